The number of hydrogen-bond donors (Lipinski definition) is 0. The van der Waals surface area contributed by atoms with Crippen LogP contribution >= 0.6 is 0 Å². The van der Waals surface area contributed by atoms with Crippen molar-refractivity contribution in [1.29, 1.82) is 0 Å². The maximum Gasteiger partial charge on any atom is 0.143 e. The third-order valence-electron chi connectivity index (χ3n) is 10.4. The molecular weight excluding hydrogens is 569 g/mol. The minimum atomic E-state index is 0.930. The first-order chi connectivity index (χ1) is 23.3. The summed E-state index contributed by atoms with van der Waals surface area (Å²) in [4.78, 5) is 0. The number of fused-ring (bicyclic) bond motifs is 8. The van der Waals surface area contributed by atoms with Crippen molar-refractivity contribution < 1.29 is 4.42 Å². The highest BCUT2D eigenvalue weighted by Crippen LogP contribution is 2.47. The van der Waals surface area contributed by atoms with Gasteiger partial charge < -0.3 is 4.42 Å². The standard InChI is InChI=1S/C46H26O/c1-3-10-34-27(6-1)12-13-29-14-17-33(26-41(29)34)36-24-25-39(44-40-23-18-28-7-2-4-11-35(28)45(40)47-46(36)44)37-21-19-32-16-15-30-8-5-9-31-20-22-38(37)43(32)42(30)31/h1-26H. The van der Waals surface area contributed by atoms with Gasteiger partial charge in [-0.3, -0.25) is 0 Å². The molecular formula is C46H26O. The van der Waals surface area contributed by atoms with Crippen LogP contribution in [0.5, 0.6) is 0 Å². The van der Waals surface area contributed by atoms with Crippen LogP contribution in [-0.4, -0.2) is 0 Å². The summed E-state index contributed by atoms with van der Waals surface area (Å²) < 4.78 is 7.04. The van der Waals surface area contributed by atoms with Crippen LogP contribution < -0.4 is 0 Å². The molecule has 47 heavy (non-hydrogen) atoms. The molecule has 0 N–H and O–H groups in total. The van der Waals surface area contributed by atoms with E-state index >= 15 is 0 Å². The molecule has 1 nitrogen and oxygen atoms in total. The molecule has 11 rings (SSSR count). The number of rotatable bonds is 2. The highest BCUT2D eigenvalue weighted by Gasteiger charge is 2.21. The van der Waals surface area contributed by atoms with E-state index in [4.69, 9.17) is 4.42 Å². The van der Waals surface area contributed by atoms with Crippen molar-refractivity contribution in [2.24, 2.45) is 0 Å². The van der Waals surface area contributed by atoms with Crippen molar-refractivity contribution in [2.45, 2.75) is 0 Å². The van der Waals surface area contributed by atoms with Crippen LogP contribution in [0.3, 0.4) is 0 Å². The number of benzene rings is 10. The molecule has 1 heteroatoms. The van der Waals surface area contributed by atoms with Crippen molar-refractivity contribution in [1.82, 2.24) is 0 Å². The molecule has 0 fully saturated rings. The van der Waals surface area contributed by atoms with Gasteiger partial charge in [-0.15, -0.1) is 0 Å². The molecule has 0 radical (unpaired) electrons. The topological polar surface area (TPSA) is 13.1 Å². The van der Waals surface area contributed by atoms with Crippen LogP contribution in [0.2, 0.25) is 0 Å². The van der Waals surface area contributed by atoms with Gasteiger partial charge in [-0.2, -0.15) is 0 Å². The Hall–Kier alpha value is -6.18. The highest BCUT2D eigenvalue weighted by atomic mass is 16.3. The third-order valence-corrected chi connectivity index (χ3v) is 10.4. The summed E-state index contributed by atoms with van der Waals surface area (Å²) in [6, 6.07) is 57.8. The van der Waals surface area contributed by atoms with E-state index in [-0.39, 0.29) is 0 Å². The van der Waals surface area contributed by atoms with Gasteiger partial charge in [0.05, 0.1) is 0 Å². The average Bonchev–Trinajstić information content (AvgIpc) is 3.54. The fraction of sp³-hybridized carbons (Fsp3) is 0. The molecule has 0 aliphatic rings. The van der Waals surface area contributed by atoms with Crippen molar-refractivity contribution in [2.75, 3.05) is 0 Å². The van der Waals surface area contributed by atoms with Crippen LogP contribution in [0.15, 0.2) is 162 Å². The van der Waals surface area contributed by atoms with E-state index in [1.54, 1.807) is 0 Å². The molecule has 10 aromatic carbocycles. The van der Waals surface area contributed by atoms with E-state index in [1.165, 1.54) is 70.4 Å². The lowest BCUT2D eigenvalue weighted by molar-refractivity contribution is 0.674. The lowest BCUT2D eigenvalue weighted by Gasteiger charge is -2.15. The largest absolute Gasteiger partial charge is 0.455 e. The van der Waals surface area contributed by atoms with Crippen molar-refractivity contribution in [3.8, 4) is 22.3 Å². The van der Waals surface area contributed by atoms with E-state index in [2.05, 4.69) is 158 Å². The molecule has 0 atom stereocenters. The molecule has 1 aromatic heterocycles. The summed E-state index contributed by atoms with van der Waals surface area (Å²) in [5, 5.41) is 17.4. The van der Waals surface area contributed by atoms with E-state index in [0.29, 0.717) is 0 Å². The van der Waals surface area contributed by atoms with Crippen LogP contribution in [0.4, 0.5) is 0 Å². The predicted molar refractivity (Wildman–Crippen MR) is 201 cm³/mol. The van der Waals surface area contributed by atoms with Gasteiger partial charge in [-0.1, -0.05) is 140 Å². The second kappa shape index (κ2) is 9.19. The molecule has 0 unspecified atom stereocenters. The average molecular weight is 595 g/mol. The summed E-state index contributed by atoms with van der Waals surface area (Å²) in [6.45, 7) is 0. The smallest absolute Gasteiger partial charge is 0.143 e. The zero-order chi connectivity index (χ0) is 30.6. The van der Waals surface area contributed by atoms with Crippen LogP contribution in [0.25, 0.3) is 109 Å². The minimum Gasteiger partial charge on any atom is -0.455 e. The Balaban J connectivity index is 1.26. The van der Waals surface area contributed by atoms with Gasteiger partial charge in [0.15, 0.2) is 0 Å². The fourth-order valence-corrected chi connectivity index (χ4v) is 8.20. The molecule has 11 aromatic rings. The van der Waals surface area contributed by atoms with E-state index < -0.39 is 0 Å². The van der Waals surface area contributed by atoms with Crippen molar-refractivity contribution in [3.63, 3.8) is 0 Å². The summed E-state index contributed by atoms with van der Waals surface area (Å²) in [5.74, 6) is 0. The molecule has 0 aliphatic heterocycles. The van der Waals surface area contributed by atoms with Gasteiger partial charge in [0.2, 0.25) is 0 Å². The molecule has 0 spiro atoms. The predicted octanol–water partition coefficient (Wildman–Crippen LogP) is 13.3. The van der Waals surface area contributed by atoms with Crippen LogP contribution in [0, 0.1) is 0 Å². The highest BCUT2D eigenvalue weighted by molar-refractivity contribution is 6.28. The van der Waals surface area contributed by atoms with E-state index in [1.807, 2.05) is 0 Å². The summed E-state index contributed by atoms with van der Waals surface area (Å²) in [7, 11) is 0. The lowest BCUT2D eigenvalue weighted by atomic mass is 9.87. The maximum absolute atomic E-state index is 7.04. The summed E-state index contributed by atoms with van der Waals surface area (Å²) >= 11 is 0. The molecule has 0 aliphatic carbocycles. The zero-order valence-corrected chi connectivity index (χ0v) is 25.4. The first-order valence-corrected chi connectivity index (χ1v) is 16.3. The Kier molecular flexibility index (Phi) is 4.90. The van der Waals surface area contributed by atoms with Gasteiger partial charge in [-0.25, -0.2) is 0 Å². The summed E-state index contributed by atoms with van der Waals surface area (Å²) in [6.07, 6.45) is 0. The quantitative estimate of drug-likeness (QED) is 0.182. The monoisotopic (exact) mass is 594 g/mol. The first-order valence-electron chi connectivity index (χ1n) is 16.3. The Morgan fingerprint density at radius 1 is 0.277 bits per heavy atom. The Morgan fingerprint density at radius 3 is 1.68 bits per heavy atom. The number of furan rings is 1. The SMILES string of the molecule is c1ccc2c(c1)ccc1ccc(-c3ccc(-c4ccc5ccc6cccc7ccc4c5c67)c4c3oc3c5ccccc5ccc34)cc12. The van der Waals surface area contributed by atoms with Gasteiger partial charge in [-0.05, 0) is 94.1 Å². The van der Waals surface area contributed by atoms with Gasteiger partial charge in [0, 0.05) is 21.7 Å². The molecule has 216 valence electrons. The zero-order valence-electron chi connectivity index (χ0n) is 25.4. The Morgan fingerprint density at radius 2 is 0.830 bits per heavy atom. The first kappa shape index (κ1) is 25.1. The van der Waals surface area contributed by atoms with E-state index in [9.17, 15) is 0 Å². The Labute approximate surface area is 270 Å². The molecule has 1 heterocycles. The fourth-order valence-electron chi connectivity index (χ4n) is 8.20. The molecule has 0 bridgehead atoms. The van der Waals surface area contributed by atoms with Gasteiger partial charge >= 0.3 is 0 Å². The minimum absolute atomic E-state index is 0.930. The van der Waals surface area contributed by atoms with Gasteiger partial charge in [0.1, 0.15) is 11.2 Å². The molecule has 0 saturated carbocycles. The van der Waals surface area contributed by atoms with Gasteiger partial charge in [0.25, 0.3) is 0 Å². The van der Waals surface area contributed by atoms with Crippen LogP contribution in [0.1, 0.15) is 0 Å². The molecule has 0 amide bonds. The van der Waals surface area contributed by atoms with Crippen molar-refractivity contribution in [3.05, 3.63) is 158 Å². The molecule has 0 saturated heterocycles. The maximum atomic E-state index is 7.04. The second-order valence-electron chi connectivity index (χ2n) is 12.8. The van der Waals surface area contributed by atoms with Crippen molar-refractivity contribution >= 4 is 86.6 Å². The number of hydrogen-bond acceptors (Lipinski definition) is 1. The van der Waals surface area contributed by atoms with E-state index in [0.717, 1.165) is 38.5 Å². The lowest BCUT2D eigenvalue weighted by Crippen LogP contribution is -1.89. The summed E-state index contributed by atoms with van der Waals surface area (Å²) in [5.41, 5.74) is 6.56. The normalized spacial score (nSPS) is 12.3. The Bertz CT molecular complexity index is 3050. The third kappa shape index (κ3) is 3.43. The second-order valence-corrected chi connectivity index (χ2v) is 12.8. The van der Waals surface area contributed by atoms with Crippen LogP contribution in [-0.2, 0) is 0 Å².